The van der Waals surface area contributed by atoms with Gasteiger partial charge in [-0.1, -0.05) is 6.92 Å². The average Bonchev–Trinajstić information content (AvgIpc) is 2.91. The fourth-order valence-corrected chi connectivity index (χ4v) is 2.48. The van der Waals surface area contributed by atoms with E-state index < -0.39 is 12.0 Å². The van der Waals surface area contributed by atoms with Crippen LogP contribution in [0.15, 0.2) is 12.5 Å². The van der Waals surface area contributed by atoms with E-state index in [4.69, 9.17) is 0 Å². The molecule has 0 spiro atoms. The van der Waals surface area contributed by atoms with Crippen molar-refractivity contribution in [3.05, 3.63) is 18.2 Å². The van der Waals surface area contributed by atoms with E-state index in [1.54, 1.807) is 6.20 Å². The maximum absolute atomic E-state index is 12.2. The molecule has 3 atom stereocenters. The second-order valence-electron chi connectivity index (χ2n) is 5.23. The number of amides is 1. The summed E-state index contributed by atoms with van der Waals surface area (Å²) in [6, 6.07) is -1.26. The van der Waals surface area contributed by atoms with Gasteiger partial charge in [0, 0.05) is 18.3 Å². The largest absolute Gasteiger partial charge is 0.480 e. The Morgan fingerprint density at radius 3 is 3.00 bits per heavy atom. The number of imidazole rings is 1. The number of aliphatic carboxylic acids is 1. The van der Waals surface area contributed by atoms with E-state index in [1.165, 1.54) is 6.33 Å². The summed E-state index contributed by atoms with van der Waals surface area (Å²) in [5.74, 6) is -1.08. The van der Waals surface area contributed by atoms with Crippen molar-refractivity contribution in [2.24, 2.45) is 5.92 Å². The van der Waals surface area contributed by atoms with Gasteiger partial charge in [-0.3, -0.25) is 4.79 Å². The summed E-state index contributed by atoms with van der Waals surface area (Å²) in [6.07, 6.45) is 5.26. The predicted molar refractivity (Wildman–Crippen MR) is 72.0 cm³/mol. The minimum Gasteiger partial charge on any atom is -0.480 e. The van der Waals surface area contributed by atoms with Crippen LogP contribution in [0.1, 0.15) is 25.5 Å². The number of carboxylic acid groups (broad SMARTS) is 1. The maximum Gasteiger partial charge on any atom is 0.326 e. The molecule has 0 radical (unpaired) electrons. The molecule has 1 saturated heterocycles. The number of piperidine rings is 1. The quantitative estimate of drug-likeness (QED) is 0.603. The highest BCUT2D eigenvalue weighted by atomic mass is 16.4. The lowest BCUT2D eigenvalue weighted by Gasteiger charge is -2.30. The van der Waals surface area contributed by atoms with Gasteiger partial charge >= 0.3 is 5.97 Å². The van der Waals surface area contributed by atoms with Crippen LogP contribution in [0.3, 0.4) is 0 Å². The molecule has 1 aromatic heterocycles. The number of hydrogen-bond donors (Lipinski definition) is 4. The van der Waals surface area contributed by atoms with Crippen LogP contribution in [0.2, 0.25) is 0 Å². The molecule has 1 fully saturated rings. The smallest absolute Gasteiger partial charge is 0.326 e. The SMILES string of the molecule is CC1CCCNC1C(=O)N[C@H](Cc1cnc[nH]1)C(=O)O. The molecule has 20 heavy (non-hydrogen) atoms. The summed E-state index contributed by atoms with van der Waals surface area (Å²) in [7, 11) is 0. The van der Waals surface area contributed by atoms with E-state index >= 15 is 0 Å². The molecule has 2 rings (SSSR count). The van der Waals surface area contributed by atoms with Gasteiger partial charge in [0.05, 0.1) is 12.4 Å². The summed E-state index contributed by atoms with van der Waals surface area (Å²) >= 11 is 0. The first kappa shape index (κ1) is 14.5. The van der Waals surface area contributed by atoms with Gasteiger partial charge in [-0.05, 0) is 25.3 Å². The zero-order chi connectivity index (χ0) is 14.5. The topological polar surface area (TPSA) is 107 Å². The molecule has 0 aliphatic carbocycles. The third-order valence-electron chi connectivity index (χ3n) is 3.65. The van der Waals surface area contributed by atoms with Crippen molar-refractivity contribution in [3.8, 4) is 0 Å². The molecule has 110 valence electrons. The molecule has 1 aliphatic rings. The Hall–Kier alpha value is -1.89. The van der Waals surface area contributed by atoms with E-state index in [0.29, 0.717) is 5.69 Å². The summed E-state index contributed by atoms with van der Waals surface area (Å²) in [4.78, 5) is 30.1. The molecule has 7 heteroatoms. The van der Waals surface area contributed by atoms with Gasteiger partial charge in [0.2, 0.25) is 5.91 Å². The van der Waals surface area contributed by atoms with Gasteiger partial charge < -0.3 is 20.7 Å². The summed E-state index contributed by atoms with van der Waals surface area (Å²) in [6.45, 7) is 2.79. The van der Waals surface area contributed by atoms with Gasteiger partial charge in [0.1, 0.15) is 6.04 Å². The first-order valence-electron chi connectivity index (χ1n) is 6.81. The molecule has 1 amide bonds. The maximum atomic E-state index is 12.2. The van der Waals surface area contributed by atoms with Crippen molar-refractivity contribution in [1.29, 1.82) is 0 Å². The number of nitrogens with one attached hydrogen (secondary N) is 3. The van der Waals surface area contributed by atoms with Crippen molar-refractivity contribution in [3.63, 3.8) is 0 Å². The molecule has 0 saturated carbocycles. The Labute approximate surface area is 117 Å². The monoisotopic (exact) mass is 280 g/mol. The highest BCUT2D eigenvalue weighted by molar-refractivity contribution is 5.87. The van der Waals surface area contributed by atoms with Crippen LogP contribution in [0.25, 0.3) is 0 Å². The molecule has 4 N–H and O–H groups in total. The number of carbonyl (C=O) groups excluding carboxylic acids is 1. The number of carboxylic acids is 1. The molecule has 1 aromatic rings. The van der Waals surface area contributed by atoms with Crippen molar-refractivity contribution < 1.29 is 14.7 Å². The molecule has 0 bridgehead atoms. The molecule has 2 unspecified atom stereocenters. The Kier molecular flexibility index (Phi) is 4.73. The van der Waals surface area contributed by atoms with E-state index in [9.17, 15) is 14.7 Å². The number of carbonyl (C=O) groups is 2. The molecule has 0 aromatic carbocycles. The third-order valence-corrected chi connectivity index (χ3v) is 3.65. The minimum absolute atomic E-state index is 0.197. The Morgan fingerprint density at radius 2 is 2.40 bits per heavy atom. The zero-order valence-corrected chi connectivity index (χ0v) is 11.4. The van der Waals surface area contributed by atoms with Crippen LogP contribution in [-0.2, 0) is 16.0 Å². The Balaban J connectivity index is 1.96. The number of rotatable bonds is 5. The number of aromatic nitrogens is 2. The minimum atomic E-state index is -1.04. The predicted octanol–water partition coefficient (Wildman–Crippen LogP) is -0.0903. The summed E-state index contributed by atoms with van der Waals surface area (Å²) < 4.78 is 0. The lowest BCUT2D eigenvalue weighted by Crippen LogP contribution is -2.55. The van der Waals surface area contributed by atoms with Gasteiger partial charge in [0.25, 0.3) is 0 Å². The van der Waals surface area contributed by atoms with Crippen molar-refractivity contribution in [2.45, 2.75) is 38.3 Å². The van der Waals surface area contributed by atoms with Crippen LogP contribution in [0, 0.1) is 5.92 Å². The number of hydrogen-bond acceptors (Lipinski definition) is 4. The highest BCUT2D eigenvalue weighted by Gasteiger charge is 2.30. The van der Waals surface area contributed by atoms with Crippen molar-refractivity contribution in [1.82, 2.24) is 20.6 Å². The number of H-pyrrole nitrogens is 1. The second-order valence-corrected chi connectivity index (χ2v) is 5.23. The fraction of sp³-hybridized carbons (Fsp3) is 0.615. The molecular formula is C13H20N4O3. The van der Waals surface area contributed by atoms with Crippen LogP contribution < -0.4 is 10.6 Å². The van der Waals surface area contributed by atoms with Crippen molar-refractivity contribution in [2.75, 3.05) is 6.54 Å². The van der Waals surface area contributed by atoms with Crippen LogP contribution in [0.5, 0.6) is 0 Å². The third kappa shape index (κ3) is 3.57. The van der Waals surface area contributed by atoms with Gasteiger partial charge in [-0.25, -0.2) is 9.78 Å². The van der Waals surface area contributed by atoms with E-state index in [1.807, 2.05) is 6.92 Å². The first-order valence-corrected chi connectivity index (χ1v) is 6.81. The molecular weight excluding hydrogens is 260 g/mol. The van der Waals surface area contributed by atoms with Gasteiger partial charge in [-0.2, -0.15) is 0 Å². The molecule has 7 nitrogen and oxygen atoms in total. The average molecular weight is 280 g/mol. The molecule has 1 aliphatic heterocycles. The van der Waals surface area contributed by atoms with Crippen LogP contribution >= 0.6 is 0 Å². The van der Waals surface area contributed by atoms with Gasteiger partial charge in [0.15, 0.2) is 0 Å². The van der Waals surface area contributed by atoms with E-state index in [0.717, 1.165) is 19.4 Å². The lowest BCUT2D eigenvalue weighted by molar-refractivity contribution is -0.142. The second kappa shape index (κ2) is 6.51. The normalized spacial score (nSPS) is 24.1. The lowest BCUT2D eigenvalue weighted by atomic mass is 9.92. The first-order chi connectivity index (χ1) is 9.58. The Bertz CT molecular complexity index is 460. The number of aromatic amines is 1. The van der Waals surface area contributed by atoms with Crippen LogP contribution in [-0.4, -0.2) is 45.6 Å². The number of nitrogens with zero attached hydrogens (tertiary/aromatic N) is 1. The Morgan fingerprint density at radius 1 is 1.60 bits per heavy atom. The summed E-state index contributed by atoms with van der Waals surface area (Å²) in [5.41, 5.74) is 0.683. The van der Waals surface area contributed by atoms with Crippen LogP contribution in [0.4, 0.5) is 0 Å². The van der Waals surface area contributed by atoms with E-state index in [2.05, 4.69) is 20.6 Å². The van der Waals surface area contributed by atoms with Gasteiger partial charge in [-0.15, -0.1) is 0 Å². The standard InChI is InChI=1S/C13H20N4O3/c1-8-3-2-4-15-11(8)12(18)17-10(13(19)20)5-9-6-14-7-16-9/h6-8,10-11,15H,2-5H2,1H3,(H,14,16)(H,17,18)(H,19,20)/t8?,10-,11?/m1/s1. The van der Waals surface area contributed by atoms with E-state index in [-0.39, 0.29) is 24.3 Å². The fourth-order valence-electron chi connectivity index (χ4n) is 2.48. The molecule has 2 heterocycles. The summed E-state index contributed by atoms with van der Waals surface area (Å²) in [5, 5.41) is 15.0. The highest BCUT2D eigenvalue weighted by Crippen LogP contribution is 2.15. The zero-order valence-electron chi connectivity index (χ0n) is 11.4. The van der Waals surface area contributed by atoms with Crippen molar-refractivity contribution >= 4 is 11.9 Å².